The lowest BCUT2D eigenvalue weighted by atomic mass is 10.0. The van der Waals surface area contributed by atoms with Gasteiger partial charge in [-0.05, 0) is 31.5 Å². The average molecular weight is 416 g/mol. The molecule has 1 aliphatic heterocycles. The summed E-state index contributed by atoms with van der Waals surface area (Å²) in [5.74, 6) is 0.0430. The molecule has 1 aliphatic rings. The molecule has 1 saturated heterocycles. The summed E-state index contributed by atoms with van der Waals surface area (Å²) < 4.78 is 1.62. The summed E-state index contributed by atoms with van der Waals surface area (Å²) in [6, 6.07) is 5.56. The lowest BCUT2D eigenvalue weighted by Gasteiger charge is -2.38. The van der Waals surface area contributed by atoms with E-state index in [4.69, 9.17) is 34.8 Å². The highest BCUT2D eigenvalue weighted by atomic mass is 35.5. The molecule has 140 valence electrons. The predicted octanol–water partition coefficient (Wildman–Crippen LogP) is 3.92. The number of carbonyl (C=O) groups excluding carboxylic acids is 1. The lowest BCUT2D eigenvalue weighted by Crippen LogP contribution is -2.54. The Hall–Kier alpha value is -1.27. The normalized spacial score (nSPS) is 16.1. The number of amides is 1. The summed E-state index contributed by atoms with van der Waals surface area (Å²) in [6.07, 6.45) is 3.22. The van der Waals surface area contributed by atoms with Crippen LogP contribution in [0.25, 0.3) is 0 Å². The molecule has 1 aromatic carbocycles. The third-order valence-corrected chi connectivity index (χ3v) is 5.50. The quantitative estimate of drug-likeness (QED) is 0.760. The number of aromatic nitrogens is 2. The number of nitrogens with zero attached hydrogens (tertiary/aromatic N) is 4. The number of carbonyl (C=O) groups is 1. The first-order valence-corrected chi connectivity index (χ1v) is 9.57. The van der Waals surface area contributed by atoms with Crippen molar-refractivity contribution in [1.29, 1.82) is 0 Å². The minimum Gasteiger partial charge on any atom is -0.338 e. The second kappa shape index (κ2) is 7.77. The summed E-state index contributed by atoms with van der Waals surface area (Å²) >= 11 is 18.2. The standard InChI is InChI=1S/C18H21Cl3N4O/c1-18(2,25-12-15(20)10-22-25)17(26)24-7-5-23(6-8-24)11-13-3-4-14(19)9-16(13)21/h3-4,9-10,12H,5-8,11H2,1-2H3. The second-order valence-corrected chi connectivity index (χ2v) is 8.25. The van der Waals surface area contributed by atoms with Gasteiger partial charge in [0.25, 0.3) is 0 Å². The largest absolute Gasteiger partial charge is 0.338 e. The first-order valence-electron chi connectivity index (χ1n) is 8.43. The smallest absolute Gasteiger partial charge is 0.250 e. The third-order valence-electron chi connectivity index (χ3n) is 4.72. The molecule has 1 aromatic heterocycles. The van der Waals surface area contributed by atoms with Crippen molar-refractivity contribution in [2.45, 2.75) is 25.9 Å². The number of hydrogen-bond donors (Lipinski definition) is 0. The summed E-state index contributed by atoms with van der Waals surface area (Å²) in [5.41, 5.74) is 0.275. The van der Waals surface area contributed by atoms with Crippen LogP contribution in [0.5, 0.6) is 0 Å². The summed E-state index contributed by atoms with van der Waals surface area (Å²) in [5, 5.41) is 6.02. The van der Waals surface area contributed by atoms with E-state index in [0.717, 1.165) is 25.2 Å². The zero-order chi connectivity index (χ0) is 18.9. The van der Waals surface area contributed by atoms with E-state index in [2.05, 4.69) is 10.00 Å². The van der Waals surface area contributed by atoms with E-state index in [0.29, 0.717) is 28.2 Å². The van der Waals surface area contributed by atoms with Crippen molar-refractivity contribution in [3.05, 3.63) is 51.2 Å². The van der Waals surface area contributed by atoms with Crippen LogP contribution in [0, 0.1) is 0 Å². The van der Waals surface area contributed by atoms with Gasteiger partial charge in [0, 0.05) is 49.0 Å². The molecule has 0 N–H and O–H groups in total. The molecule has 8 heteroatoms. The molecule has 2 aromatic rings. The molecule has 5 nitrogen and oxygen atoms in total. The van der Waals surface area contributed by atoms with E-state index in [-0.39, 0.29) is 5.91 Å². The van der Waals surface area contributed by atoms with Gasteiger partial charge in [-0.3, -0.25) is 14.4 Å². The van der Waals surface area contributed by atoms with E-state index in [1.54, 1.807) is 23.1 Å². The Morgan fingerprint density at radius 1 is 1.12 bits per heavy atom. The minimum absolute atomic E-state index is 0.0430. The molecule has 2 heterocycles. The minimum atomic E-state index is -0.769. The van der Waals surface area contributed by atoms with Gasteiger partial charge in [0.2, 0.25) is 5.91 Å². The highest BCUT2D eigenvalue weighted by Gasteiger charge is 2.36. The molecule has 1 fully saturated rings. The SMILES string of the molecule is CC(C)(C(=O)N1CCN(Cc2ccc(Cl)cc2Cl)CC1)n1cc(Cl)cn1. The number of halogens is 3. The topological polar surface area (TPSA) is 41.4 Å². The van der Waals surface area contributed by atoms with Crippen LogP contribution in [0.1, 0.15) is 19.4 Å². The molecule has 0 aliphatic carbocycles. The van der Waals surface area contributed by atoms with Crippen molar-refractivity contribution in [2.24, 2.45) is 0 Å². The molecule has 3 rings (SSSR count). The molecule has 0 spiro atoms. The van der Waals surface area contributed by atoms with Gasteiger partial charge in [0.1, 0.15) is 5.54 Å². The Morgan fingerprint density at radius 2 is 1.81 bits per heavy atom. The average Bonchev–Trinajstić information content (AvgIpc) is 3.05. The molecule has 0 bridgehead atoms. The zero-order valence-corrected chi connectivity index (χ0v) is 17.0. The number of rotatable bonds is 4. The van der Waals surface area contributed by atoms with E-state index >= 15 is 0 Å². The van der Waals surface area contributed by atoms with Crippen LogP contribution < -0.4 is 0 Å². The van der Waals surface area contributed by atoms with Crippen molar-refractivity contribution in [1.82, 2.24) is 19.6 Å². The van der Waals surface area contributed by atoms with E-state index in [1.165, 1.54) is 0 Å². The molecule has 0 saturated carbocycles. The monoisotopic (exact) mass is 414 g/mol. The lowest BCUT2D eigenvalue weighted by molar-refractivity contribution is -0.141. The maximum absolute atomic E-state index is 13.0. The fourth-order valence-electron chi connectivity index (χ4n) is 3.09. The van der Waals surface area contributed by atoms with Gasteiger partial charge in [0.15, 0.2) is 0 Å². The predicted molar refractivity (Wildman–Crippen MR) is 105 cm³/mol. The van der Waals surface area contributed by atoms with Crippen molar-refractivity contribution >= 4 is 40.7 Å². The van der Waals surface area contributed by atoms with Crippen LogP contribution in [0.3, 0.4) is 0 Å². The summed E-state index contributed by atoms with van der Waals surface area (Å²) in [7, 11) is 0. The Morgan fingerprint density at radius 3 is 2.38 bits per heavy atom. The van der Waals surface area contributed by atoms with Crippen LogP contribution in [-0.2, 0) is 16.9 Å². The molecular weight excluding hydrogens is 395 g/mol. The molecule has 0 atom stereocenters. The number of piperazine rings is 1. The first kappa shape index (κ1) is 19.5. The van der Waals surface area contributed by atoms with Gasteiger partial charge in [-0.2, -0.15) is 5.10 Å². The fraction of sp³-hybridized carbons (Fsp3) is 0.444. The maximum Gasteiger partial charge on any atom is 0.250 e. The van der Waals surface area contributed by atoms with Crippen LogP contribution >= 0.6 is 34.8 Å². The van der Waals surface area contributed by atoms with Crippen molar-refractivity contribution < 1.29 is 4.79 Å². The summed E-state index contributed by atoms with van der Waals surface area (Å²) in [6.45, 7) is 7.39. The molecule has 0 unspecified atom stereocenters. The van der Waals surface area contributed by atoms with Gasteiger partial charge in [-0.1, -0.05) is 40.9 Å². The Labute approximate surface area is 168 Å². The Bertz CT molecular complexity index is 797. The van der Waals surface area contributed by atoms with Gasteiger partial charge < -0.3 is 4.90 Å². The van der Waals surface area contributed by atoms with Crippen LogP contribution in [0.4, 0.5) is 0 Å². The number of benzene rings is 1. The van der Waals surface area contributed by atoms with E-state index < -0.39 is 5.54 Å². The maximum atomic E-state index is 13.0. The number of hydrogen-bond acceptors (Lipinski definition) is 3. The molecule has 1 amide bonds. The van der Waals surface area contributed by atoms with Crippen molar-refractivity contribution in [3.63, 3.8) is 0 Å². The van der Waals surface area contributed by atoms with Crippen LogP contribution in [-0.4, -0.2) is 51.7 Å². The fourth-order valence-corrected chi connectivity index (χ4v) is 3.70. The third kappa shape index (κ3) is 4.17. The van der Waals surface area contributed by atoms with Gasteiger partial charge >= 0.3 is 0 Å². The summed E-state index contributed by atoms with van der Waals surface area (Å²) in [4.78, 5) is 17.1. The van der Waals surface area contributed by atoms with Gasteiger partial charge in [-0.15, -0.1) is 0 Å². The van der Waals surface area contributed by atoms with Gasteiger partial charge in [-0.25, -0.2) is 0 Å². The zero-order valence-electron chi connectivity index (χ0n) is 14.8. The highest BCUT2D eigenvalue weighted by molar-refractivity contribution is 6.35. The Kier molecular flexibility index (Phi) is 5.82. The highest BCUT2D eigenvalue weighted by Crippen LogP contribution is 2.24. The molecule has 0 radical (unpaired) electrons. The van der Waals surface area contributed by atoms with E-state index in [1.807, 2.05) is 30.9 Å². The van der Waals surface area contributed by atoms with E-state index in [9.17, 15) is 4.79 Å². The van der Waals surface area contributed by atoms with Crippen molar-refractivity contribution in [2.75, 3.05) is 26.2 Å². The first-order chi connectivity index (χ1) is 12.3. The Balaban J connectivity index is 1.60. The molecular formula is C18H21Cl3N4O. The van der Waals surface area contributed by atoms with Crippen molar-refractivity contribution in [3.8, 4) is 0 Å². The van der Waals surface area contributed by atoms with Crippen LogP contribution in [0.2, 0.25) is 15.1 Å². The second-order valence-electron chi connectivity index (χ2n) is 6.97. The van der Waals surface area contributed by atoms with Crippen LogP contribution in [0.15, 0.2) is 30.6 Å². The molecule has 26 heavy (non-hydrogen) atoms. The van der Waals surface area contributed by atoms with Gasteiger partial charge in [0.05, 0.1) is 11.2 Å².